The topological polar surface area (TPSA) is 75.9 Å². The molecule has 0 saturated carbocycles. The molecule has 1 heterocycles. The summed E-state index contributed by atoms with van der Waals surface area (Å²) in [4.78, 5) is 1.42. The Morgan fingerprint density at radius 3 is 2.60 bits per heavy atom. The smallest absolute Gasteiger partial charge is 0.204 e. The monoisotopic (exact) mass is 205 g/mol. The number of hydrogen-bond acceptors (Lipinski definition) is 5. The lowest BCUT2D eigenvalue weighted by Crippen LogP contribution is -2.05. The summed E-state index contributed by atoms with van der Waals surface area (Å²) >= 11 is 0. The lowest BCUT2D eigenvalue weighted by Gasteiger charge is -1.99. The molecule has 78 valence electrons. The third-order valence-corrected chi connectivity index (χ3v) is 2.00. The molecule has 2 aromatic rings. The number of rotatable bonds is 3. The molecule has 0 aliphatic rings. The van der Waals surface area contributed by atoms with Gasteiger partial charge < -0.3 is 5.21 Å². The van der Waals surface area contributed by atoms with Crippen LogP contribution in [0, 0.1) is 0 Å². The second-order valence-electron chi connectivity index (χ2n) is 3.13. The van der Waals surface area contributed by atoms with Gasteiger partial charge in [0.25, 0.3) is 0 Å². The number of hydrogen-bond donors (Lipinski definition) is 2. The number of nitrogens with one attached hydrogen (secondary N) is 1. The van der Waals surface area contributed by atoms with Gasteiger partial charge in [-0.15, -0.1) is 10.2 Å². The molecule has 0 saturated heterocycles. The molecule has 0 aliphatic heterocycles. The van der Waals surface area contributed by atoms with Crippen LogP contribution in [0.15, 0.2) is 24.3 Å². The van der Waals surface area contributed by atoms with Crippen LogP contribution in [0.3, 0.4) is 0 Å². The maximum atomic E-state index is 8.52. The molecule has 0 fully saturated rings. The van der Waals surface area contributed by atoms with Gasteiger partial charge in [0, 0.05) is 12.1 Å². The lowest BCUT2D eigenvalue weighted by molar-refractivity contribution is 0.161. The first-order valence-corrected chi connectivity index (χ1v) is 4.50. The predicted octanol–water partition coefficient (Wildman–Crippen LogP) is 0.356. The highest BCUT2D eigenvalue weighted by Gasteiger charge is 2.03. The Kier molecular flexibility index (Phi) is 2.70. The zero-order valence-corrected chi connectivity index (χ0v) is 8.25. The van der Waals surface area contributed by atoms with Gasteiger partial charge in [0.1, 0.15) is 0 Å². The minimum absolute atomic E-state index is 0.425. The summed E-state index contributed by atoms with van der Waals surface area (Å²) in [5, 5.41) is 20.3. The lowest BCUT2D eigenvalue weighted by atomic mass is 10.1. The van der Waals surface area contributed by atoms with Crippen LogP contribution < -0.4 is 5.48 Å². The van der Waals surface area contributed by atoms with Crippen molar-refractivity contribution in [3.05, 3.63) is 29.8 Å². The summed E-state index contributed by atoms with van der Waals surface area (Å²) in [6, 6.07) is 7.58. The Morgan fingerprint density at radius 2 is 2.07 bits per heavy atom. The number of benzene rings is 1. The van der Waals surface area contributed by atoms with Crippen LogP contribution in [0.1, 0.15) is 5.56 Å². The maximum Gasteiger partial charge on any atom is 0.204 e. The van der Waals surface area contributed by atoms with Gasteiger partial charge in [-0.25, -0.2) is 5.48 Å². The summed E-state index contributed by atoms with van der Waals surface area (Å²) in [5.41, 5.74) is 4.00. The molecule has 6 nitrogen and oxygen atoms in total. The third-order valence-electron chi connectivity index (χ3n) is 2.00. The average Bonchev–Trinajstić information content (AvgIpc) is 2.67. The van der Waals surface area contributed by atoms with Crippen molar-refractivity contribution in [2.45, 2.75) is 6.54 Å². The Balaban J connectivity index is 2.23. The number of aryl methyl sites for hydroxylation is 1. The highest BCUT2D eigenvalue weighted by molar-refractivity contribution is 5.54. The highest BCUT2D eigenvalue weighted by atomic mass is 16.5. The quantitative estimate of drug-likeness (QED) is 0.707. The van der Waals surface area contributed by atoms with Crippen molar-refractivity contribution in [3.63, 3.8) is 0 Å². The van der Waals surface area contributed by atoms with Gasteiger partial charge >= 0.3 is 0 Å². The first kappa shape index (κ1) is 9.75. The van der Waals surface area contributed by atoms with Gasteiger partial charge in [-0.05, 0) is 10.8 Å². The SMILES string of the molecule is Cn1nnc(-c2ccc(CNO)cc2)n1. The fourth-order valence-electron chi connectivity index (χ4n) is 1.26. The van der Waals surface area contributed by atoms with E-state index in [9.17, 15) is 0 Å². The van der Waals surface area contributed by atoms with Crippen LogP contribution in [-0.4, -0.2) is 25.4 Å². The molecule has 1 aromatic carbocycles. The second kappa shape index (κ2) is 4.16. The summed E-state index contributed by atoms with van der Waals surface area (Å²) in [7, 11) is 1.72. The second-order valence-corrected chi connectivity index (χ2v) is 3.13. The van der Waals surface area contributed by atoms with Gasteiger partial charge in [0.15, 0.2) is 0 Å². The third kappa shape index (κ3) is 2.17. The molecule has 15 heavy (non-hydrogen) atoms. The van der Waals surface area contributed by atoms with Gasteiger partial charge in [-0.2, -0.15) is 4.80 Å². The molecular formula is C9H11N5O. The van der Waals surface area contributed by atoms with E-state index in [-0.39, 0.29) is 0 Å². The molecule has 0 unspecified atom stereocenters. The van der Waals surface area contributed by atoms with Crippen LogP contribution in [0.4, 0.5) is 0 Å². The van der Waals surface area contributed by atoms with Crippen molar-refractivity contribution in [2.75, 3.05) is 0 Å². The Morgan fingerprint density at radius 1 is 1.33 bits per heavy atom. The van der Waals surface area contributed by atoms with E-state index in [0.717, 1.165) is 11.1 Å². The molecule has 0 radical (unpaired) electrons. The highest BCUT2D eigenvalue weighted by Crippen LogP contribution is 2.13. The van der Waals surface area contributed by atoms with Gasteiger partial charge in [0.05, 0.1) is 7.05 Å². The normalized spacial score (nSPS) is 10.5. The Labute approximate surface area is 86.5 Å². The standard InChI is InChI=1S/C9H11N5O/c1-14-12-9(11-13-14)8-4-2-7(3-5-8)6-10-15/h2-5,10,15H,6H2,1H3. The summed E-state index contributed by atoms with van der Waals surface area (Å²) in [5.74, 6) is 0.598. The molecule has 0 aliphatic carbocycles. The Bertz CT molecular complexity index is 436. The van der Waals surface area contributed by atoms with E-state index in [0.29, 0.717) is 12.4 Å². The molecule has 0 bridgehead atoms. The van der Waals surface area contributed by atoms with Crippen LogP contribution >= 0.6 is 0 Å². The average molecular weight is 205 g/mol. The minimum Gasteiger partial charge on any atom is -0.316 e. The Hall–Kier alpha value is -1.79. The van der Waals surface area contributed by atoms with E-state index in [2.05, 4.69) is 20.9 Å². The minimum atomic E-state index is 0.425. The van der Waals surface area contributed by atoms with E-state index < -0.39 is 0 Å². The van der Waals surface area contributed by atoms with E-state index in [1.54, 1.807) is 7.05 Å². The van der Waals surface area contributed by atoms with Crippen molar-refractivity contribution in [2.24, 2.45) is 7.05 Å². The number of hydroxylamine groups is 1. The van der Waals surface area contributed by atoms with E-state index in [1.807, 2.05) is 24.3 Å². The summed E-state index contributed by atoms with van der Waals surface area (Å²) in [6.45, 7) is 0.425. The van der Waals surface area contributed by atoms with Crippen LogP contribution in [0.2, 0.25) is 0 Å². The number of tetrazole rings is 1. The largest absolute Gasteiger partial charge is 0.316 e. The fraction of sp³-hybridized carbons (Fsp3) is 0.222. The first-order chi connectivity index (χ1) is 7.29. The molecule has 2 rings (SSSR count). The van der Waals surface area contributed by atoms with E-state index in [4.69, 9.17) is 5.21 Å². The predicted molar refractivity (Wildman–Crippen MR) is 52.9 cm³/mol. The van der Waals surface area contributed by atoms with E-state index >= 15 is 0 Å². The van der Waals surface area contributed by atoms with E-state index in [1.165, 1.54) is 4.80 Å². The van der Waals surface area contributed by atoms with Crippen molar-refractivity contribution in [1.29, 1.82) is 0 Å². The molecule has 1 aromatic heterocycles. The zero-order valence-electron chi connectivity index (χ0n) is 8.25. The summed E-state index contributed by atoms with van der Waals surface area (Å²) in [6.07, 6.45) is 0. The van der Waals surface area contributed by atoms with Crippen molar-refractivity contribution in [1.82, 2.24) is 25.7 Å². The molecule has 6 heteroatoms. The maximum absolute atomic E-state index is 8.52. The van der Waals surface area contributed by atoms with Crippen LogP contribution in [0.5, 0.6) is 0 Å². The van der Waals surface area contributed by atoms with Gasteiger partial charge in [-0.3, -0.25) is 0 Å². The molecule has 2 N–H and O–H groups in total. The molecular weight excluding hydrogens is 194 g/mol. The molecule has 0 amide bonds. The molecule has 0 atom stereocenters. The van der Waals surface area contributed by atoms with Crippen molar-refractivity contribution in [3.8, 4) is 11.4 Å². The van der Waals surface area contributed by atoms with Gasteiger partial charge in [-0.1, -0.05) is 24.3 Å². The van der Waals surface area contributed by atoms with Crippen LogP contribution in [-0.2, 0) is 13.6 Å². The van der Waals surface area contributed by atoms with Crippen molar-refractivity contribution < 1.29 is 5.21 Å². The van der Waals surface area contributed by atoms with Crippen molar-refractivity contribution >= 4 is 0 Å². The summed E-state index contributed by atoms with van der Waals surface area (Å²) < 4.78 is 0. The van der Waals surface area contributed by atoms with Gasteiger partial charge in [0.2, 0.25) is 5.82 Å². The zero-order chi connectivity index (χ0) is 10.7. The number of aromatic nitrogens is 4. The fourth-order valence-corrected chi connectivity index (χ4v) is 1.26. The number of nitrogens with zero attached hydrogens (tertiary/aromatic N) is 4. The van der Waals surface area contributed by atoms with Crippen LogP contribution in [0.25, 0.3) is 11.4 Å². The first-order valence-electron chi connectivity index (χ1n) is 4.50. The molecule has 0 spiro atoms.